The van der Waals surface area contributed by atoms with Crippen LogP contribution in [0.1, 0.15) is 14.7 Å². The van der Waals surface area contributed by atoms with Gasteiger partial charge in [-0.05, 0) is 12.1 Å². The van der Waals surface area contributed by atoms with Crippen LogP contribution in [0, 0.1) is 0 Å². The van der Waals surface area contributed by atoms with Gasteiger partial charge in [0.1, 0.15) is 15.6 Å². The Labute approximate surface area is 114 Å². The highest BCUT2D eigenvalue weighted by molar-refractivity contribution is 7.90. The minimum atomic E-state index is -3.45. The minimum Gasteiger partial charge on any atom is -0.289 e. The first kappa shape index (κ1) is 13.7. The monoisotopic (exact) mass is 297 g/mol. The summed E-state index contributed by atoms with van der Waals surface area (Å²) in [5.41, 5.74) is 1.97. The highest BCUT2D eigenvalue weighted by Gasteiger charge is 2.18. The number of nitrogens with one attached hydrogen (secondary N) is 1. The number of benzene rings is 1. The lowest BCUT2D eigenvalue weighted by Gasteiger charge is -2.01. The first-order chi connectivity index (χ1) is 9.03. The summed E-state index contributed by atoms with van der Waals surface area (Å²) in [5.74, 6) is 4.27. The molecule has 1 heterocycles. The molecule has 2 aromatic rings. The second-order valence-electron chi connectivity index (χ2n) is 3.66. The Kier molecular flexibility index (Phi) is 3.93. The van der Waals surface area contributed by atoms with Crippen LogP contribution in [0.2, 0.25) is 0 Å². The third-order valence-electron chi connectivity index (χ3n) is 2.32. The molecule has 100 valence electrons. The van der Waals surface area contributed by atoms with Gasteiger partial charge in [-0.1, -0.05) is 18.2 Å². The van der Waals surface area contributed by atoms with Gasteiger partial charge in [0.15, 0.2) is 9.84 Å². The highest BCUT2D eigenvalue weighted by Crippen LogP contribution is 2.20. The minimum absolute atomic E-state index is 0.232. The van der Waals surface area contributed by atoms with E-state index in [4.69, 9.17) is 5.84 Å². The third kappa shape index (κ3) is 3.16. The van der Waals surface area contributed by atoms with Crippen LogP contribution in [-0.4, -0.2) is 19.3 Å². The summed E-state index contributed by atoms with van der Waals surface area (Å²) in [6.07, 6.45) is 1.31. The van der Waals surface area contributed by atoms with E-state index in [1.165, 1.54) is 18.3 Å². The van der Waals surface area contributed by atoms with Gasteiger partial charge in [-0.15, -0.1) is 11.3 Å². The smallest absolute Gasteiger partial charge is 0.276 e. The van der Waals surface area contributed by atoms with Crippen molar-refractivity contribution in [2.24, 2.45) is 5.84 Å². The van der Waals surface area contributed by atoms with E-state index in [0.717, 1.165) is 11.3 Å². The van der Waals surface area contributed by atoms with Crippen LogP contribution < -0.4 is 11.3 Å². The molecule has 0 aliphatic rings. The number of nitrogens with zero attached hydrogens (tertiary/aromatic N) is 1. The first-order valence-electron chi connectivity index (χ1n) is 5.26. The normalized spacial score (nSPS) is 11.2. The van der Waals surface area contributed by atoms with Crippen molar-refractivity contribution in [3.8, 4) is 0 Å². The fourth-order valence-corrected chi connectivity index (χ4v) is 3.88. The van der Waals surface area contributed by atoms with Crippen LogP contribution in [0.5, 0.6) is 0 Å². The number of carbonyl (C=O) groups is 1. The van der Waals surface area contributed by atoms with Gasteiger partial charge < -0.3 is 0 Å². The Balaban J connectivity index is 2.22. The van der Waals surface area contributed by atoms with Crippen molar-refractivity contribution in [3.05, 3.63) is 46.4 Å². The van der Waals surface area contributed by atoms with Crippen molar-refractivity contribution in [3.63, 3.8) is 0 Å². The lowest BCUT2D eigenvalue weighted by atomic mass is 10.4. The standard InChI is InChI=1S/C11H11N3O3S2/c12-14-11(15)9-6-13-10(18-9)7-19(16,17)8-4-2-1-3-5-8/h1-6H,7,12H2,(H,14,15). The Morgan fingerprint density at radius 1 is 1.32 bits per heavy atom. The molecular weight excluding hydrogens is 286 g/mol. The number of hydrogen-bond acceptors (Lipinski definition) is 6. The van der Waals surface area contributed by atoms with Gasteiger partial charge in [-0.2, -0.15) is 0 Å². The Morgan fingerprint density at radius 3 is 2.63 bits per heavy atom. The predicted octanol–water partition coefficient (Wildman–Crippen LogP) is 0.720. The largest absolute Gasteiger partial charge is 0.289 e. The van der Waals surface area contributed by atoms with Crippen LogP contribution in [0.25, 0.3) is 0 Å². The Hall–Kier alpha value is -1.77. The molecule has 6 nitrogen and oxygen atoms in total. The van der Waals surface area contributed by atoms with E-state index in [9.17, 15) is 13.2 Å². The molecule has 0 saturated heterocycles. The maximum absolute atomic E-state index is 12.1. The molecule has 19 heavy (non-hydrogen) atoms. The van der Waals surface area contributed by atoms with Crippen LogP contribution in [-0.2, 0) is 15.6 Å². The number of amides is 1. The number of rotatable bonds is 4. The molecule has 0 aliphatic carbocycles. The maximum atomic E-state index is 12.1. The van der Waals surface area contributed by atoms with Gasteiger partial charge in [-0.25, -0.2) is 19.2 Å². The number of sulfone groups is 1. The van der Waals surface area contributed by atoms with Crippen molar-refractivity contribution in [2.45, 2.75) is 10.6 Å². The molecular formula is C11H11N3O3S2. The number of nitrogen functional groups attached to an aromatic ring is 1. The topological polar surface area (TPSA) is 102 Å². The molecule has 0 aliphatic heterocycles. The van der Waals surface area contributed by atoms with Crippen molar-refractivity contribution in [1.82, 2.24) is 10.4 Å². The number of hydrazine groups is 1. The van der Waals surface area contributed by atoms with E-state index in [1.54, 1.807) is 18.2 Å². The number of nitrogens with two attached hydrogens (primary N) is 1. The average Bonchev–Trinajstić information content (AvgIpc) is 2.86. The fourth-order valence-electron chi connectivity index (χ4n) is 1.43. The van der Waals surface area contributed by atoms with Gasteiger partial charge >= 0.3 is 0 Å². The van der Waals surface area contributed by atoms with E-state index >= 15 is 0 Å². The molecule has 1 amide bonds. The Morgan fingerprint density at radius 2 is 2.00 bits per heavy atom. The van der Waals surface area contributed by atoms with E-state index < -0.39 is 15.7 Å². The number of thiazole rings is 1. The summed E-state index contributed by atoms with van der Waals surface area (Å²) in [6.45, 7) is 0. The van der Waals surface area contributed by atoms with Gasteiger partial charge in [0, 0.05) is 0 Å². The molecule has 1 aromatic heterocycles. The zero-order chi connectivity index (χ0) is 13.9. The van der Waals surface area contributed by atoms with E-state index in [0.29, 0.717) is 5.01 Å². The molecule has 3 N–H and O–H groups in total. The van der Waals surface area contributed by atoms with Crippen molar-refractivity contribution in [2.75, 3.05) is 0 Å². The van der Waals surface area contributed by atoms with Crippen LogP contribution >= 0.6 is 11.3 Å². The molecule has 2 rings (SSSR count). The van der Waals surface area contributed by atoms with Crippen molar-refractivity contribution < 1.29 is 13.2 Å². The summed E-state index contributed by atoms with van der Waals surface area (Å²) in [7, 11) is -3.45. The van der Waals surface area contributed by atoms with Crippen molar-refractivity contribution in [1.29, 1.82) is 0 Å². The average molecular weight is 297 g/mol. The first-order valence-corrected chi connectivity index (χ1v) is 7.73. The summed E-state index contributed by atoms with van der Waals surface area (Å²) in [5, 5.41) is 0.349. The second-order valence-corrected chi connectivity index (χ2v) is 6.77. The summed E-state index contributed by atoms with van der Waals surface area (Å²) < 4.78 is 24.2. The van der Waals surface area contributed by atoms with Gasteiger partial charge in [0.25, 0.3) is 5.91 Å². The highest BCUT2D eigenvalue weighted by atomic mass is 32.2. The van der Waals surface area contributed by atoms with Crippen molar-refractivity contribution >= 4 is 27.1 Å². The van der Waals surface area contributed by atoms with Gasteiger partial charge in [0.05, 0.1) is 11.1 Å². The molecule has 0 atom stereocenters. The maximum Gasteiger partial charge on any atom is 0.276 e. The van der Waals surface area contributed by atoms with E-state index in [1.807, 2.05) is 5.43 Å². The third-order valence-corrected chi connectivity index (χ3v) is 5.15. The lowest BCUT2D eigenvalue weighted by molar-refractivity contribution is 0.0957. The van der Waals surface area contributed by atoms with Gasteiger partial charge in [0.2, 0.25) is 0 Å². The zero-order valence-electron chi connectivity index (χ0n) is 9.74. The quantitative estimate of drug-likeness (QED) is 0.492. The summed E-state index contributed by atoms with van der Waals surface area (Å²) >= 11 is 1.00. The SMILES string of the molecule is NNC(=O)c1cnc(CS(=O)(=O)c2ccccc2)s1. The van der Waals surface area contributed by atoms with Crippen LogP contribution in [0.15, 0.2) is 41.4 Å². The van der Waals surface area contributed by atoms with Crippen LogP contribution in [0.3, 0.4) is 0 Å². The molecule has 0 radical (unpaired) electrons. The molecule has 1 aromatic carbocycles. The molecule has 8 heteroatoms. The fraction of sp³-hybridized carbons (Fsp3) is 0.0909. The van der Waals surface area contributed by atoms with E-state index in [-0.39, 0.29) is 15.5 Å². The number of aromatic nitrogens is 1. The second kappa shape index (κ2) is 5.47. The Bertz CT molecular complexity index is 680. The molecule has 0 saturated carbocycles. The molecule has 0 spiro atoms. The summed E-state index contributed by atoms with van der Waals surface area (Å²) in [6, 6.07) is 8.10. The number of hydrogen-bond donors (Lipinski definition) is 2. The molecule has 0 unspecified atom stereocenters. The van der Waals surface area contributed by atoms with Crippen LogP contribution in [0.4, 0.5) is 0 Å². The zero-order valence-corrected chi connectivity index (χ0v) is 11.4. The van der Waals surface area contributed by atoms with Gasteiger partial charge in [-0.3, -0.25) is 10.2 Å². The predicted molar refractivity (Wildman–Crippen MR) is 71.1 cm³/mol. The summed E-state index contributed by atoms with van der Waals surface area (Å²) in [4.78, 5) is 15.7. The van der Waals surface area contributed by atoms with E-state index in [2.05, 4.69) is 4.98 Å². The lowest BCUT2D eigenvalue weighted by Crippen LogP contribution is -2.29. The number of carbonyl (C=O) groups excluding carboxylic acids is 1. The molecule has 0 fully saturated rings. The molecule has 0 bridgehead atoms.